The number of hydrogen-bond donors (Lipinski definition) is 1. The summed E-state index contributed by atoms with van der Waals surface area (Å²) in [4.78, 5) is 13.1. The predicted molar refractivity (Wildman–Crippen MR) is 67.1 cm³/mol. The van der Waals surface area contributed by atoms with Crippen molar-refractivity contribution in [1.29, 1.82) is 0 Å². The molecule has 0 bridgehead atoms. The third-order valence-corrected chi connectivity index (χ3v) is 3.25. The molecule has 17 heavy (non-hydrogen) atoms. The fourth-order valence-electron chi connectivity index (χ4n) is 2.27. The smallest absolute Gasteiger partial charge is 0.320 e. The Morgan fingerprint density at radius 3 is 2.41 bits per heavy atom. The van der Waals surface area contributed by atoms with Crippen LogP contribution in [0.25, 0.3) is 0 Å². The van der Waals surface area contributed by atoms with Gasteiger partial charge in [0.15, 0.2) is 0 Å². The van der Waals surface area contributed by atoms with Crippen molar-refractivity contribution >= 4 is 5.97 Å². The van der Waals surface area contributed by atoms with E-state index in [0.717, 1.165) is 32.5 Å². The van der Waals surface area contributed by atoms with E-state index in [4.69, 9.17) is 9.84 Å². The highest BCUT2D eigenvalue weighted by molar-refractivity contribution is 5.73. The van der Waals surface area contributed by atoms with Crippen LogP contribution < -0.4 is 0 Å². The van der Waals surface area contributed by atoms with Gasteiger partial charge in [-0.15, -0.1) is 0 Å². The van der Waals surface area contributed by atoms with Gasteiger partial charge in [-0.2, -0.15) is 0 Å². The molecule has 1 fully saturated rings. The van der Waals surface area contributed by atoms with Gasteiger partial charge in [-0.1, -0.05) is 20.8 Å². The van der Waals surface area contributed by atoms with Gasteiger partial charge < -0.3 is 9.84 Å². The van der Waals surface area contributed by atoms with Crippen molar-refractivity contribution in [2.24, 2.45) is 5.92 Å². The number of rotatable bonds is 6. The van der Waals surface area contributed by atoms with Crippen molar-refractivity contribution in [3.63, 3.8) is 0 Å². The molecule has 1 saturated heterocycles. The molecule has 0 aromatic carbocycles. The molecule has 4 nitrogen and oxygen atoms in total. The number of aliphatic carboxylic acids is 1. The summed E-state index contributed by atoms with van der Waals surface area (Å²) in [6, 6.07) is -0.318. The molecule has 1 aliphatic heterocycles. The molecule has 4 heteroatoms. The zero-order chi connectivity index (χ0) is 12.8. The number of carboxylic acids is 1. The lowest BCUT2D eigenvalue weighted by molar-refractivity contribution is -0.144. The number of piperidine rings is 1. The van der Waals surface area contributed by atoms with Gasteiger partial charge in [0.1, 0.15) is 6.04 Å². The molecular formula is C13H25NO3. The van der Waals surface area contributed by atoms with E-state index in [-0.39, 0.29) is 6.04 Å². The Hall–Kier alpha value is -0.610. The third-order valence-electron chi connectivity index (χ3n) is 3.25. The minimum Gasteiger partial charge on any atom is -0.480 e. The Kier molecular flexibility index (Phi) is 5.92. The van der Waals surface area contributed by atoms with Gasteiger partial charge in [0.05, 0.1) is 6.10 Å². The molecule has 1 heterocycles. The van der Waals surface area contributed by atoms with Gasteiger partial charge in [0.25, 0.3) is 0 Å². The van der Waals surface area contributed by atoms with Gasteiger partial charge in [-0.25, -0.2) is 0 Å². The average Bonchev–Trinajstić information content (AvgIpc) is 2.28. The molecule has 0 spiro atoms. The number of hydrogen-bond acceptors (Lipinski definition) is 3. The summed E-state index contributed by atoms with van der Waals surface area (Å²) in [5, 5.41) is 9.09. The molecule has 1 N–H and O–H groups in total. The molecule has 0 amide bonds. The van der Waals surface area contributed by atoms with E-state index >= 15 is 0 Å². The van der Waals surface area contributed by atoms with Crippen LogP contribution in [0, 0.1) is 5.92 Å². The van der Waals surface area contributed by atoms with E-state index in [1.54, 1.807) is 0 Å². The maximum atomic E-state index is 11.1. The Bertz CT molecular complexity index is 235. The molecule has 1 aliphatic rings. The Balaban J connectivity index is 2.32. The van der Waals surface area contributed by atoms with Gasteiger partial charge in [-0.3, -0.25) is 9.69 Å². The maximum Gasteiger partial charge on any atom is 0.320 e. The minimum absolute atomic E-state index is 0.318. The van der Waals surface area contributed by atoms with Crippen molar-refractivity contribution < 1.29 is 14.6 Å². The van der Waals surface area contributed by atoms with Crippen molar-refractivity contribution in [1.82, 2.24) is 4.90 Å². The molecule has 0 saturated carbocycles. The quantitative estimate of drug-likeness (QED) is 0.775. The molecule has 0 radical (unpaired) electrons. The Labute approximate surface area is 104 Å². The van der Waals surface area contributed by atoms with Gasteiger partial charge in [0.2, 0.25) is 0 Å². The van der Waals surface area contributed by atoms with Crippen molar-refractivity contribution in [2.45, 2.75) is 52.2 Å². The van der Waals surface area contributed by atoms with Crippen LogP contribution in [0.5, 0.6) is 0 Å². The minimum atomic E-state index is -0.700. The van der Waals surface area contributed by atoms with Crippen LogP contribution in [-0.4, -0.2) is 47.8 Å². The first-order valence-corrected chi connectivity index (χ1v) is 6.63. The second-order valence-electron chi connectivity index (χ2n) is 5.22. The normalized spacial score (nSPS) is 20.7. The first kappa shape index (κ1) is 14.5. The number of carbonyl (C=O) groups is 1. The summed E-state index contributed by atoms with van der Waals surface area (Å²) >= 11 is 0. The van der Waals surface area contributed by atoms with Crippen LogP contribution in [0.1, 0.15) is 40.0 Å². The molecule has 0 aliphatic carbocycles. The zero-order valence-electron chi connectivity index (χ0n) is 11.2. The van der Waals surface area contributed by atoms with Crippen molar-refractivity contribution in [2.75, 3.05) is 19.7 Å². The maximum absolute atomic E-state index is 11.1. The fourth-order valence-corrected chi connectivity index (χ4v) is 2.27. The summed E-state index contributed by atoms with van der Waals surface area (Å²) in [7, 11) is 0. The van der Waals surface area contributed by atoms with Crippen LogP contribution in [0.15, 0.2) is 0 Å². The number of ether oxygens (including phenoxy) is 1. The molecule has 100 valence electrons. The largest absolute Gasteiger partial charge is 0.480 e. The summed E-state index contributed by atoms with van der Waals surface area (Å²) < 4.78 is 5.79. The van der Waals surface area contributed by atoms with E-state index in [1.807, 2.05) is 6.92 Å². The van der Waals surface area contributed by atoms with Crippen LogP contribution in [0.2, 0.25) is 0 Å². The average molecular weight is 243 g/mol. The van der Waals surface area contributed by atoms with Gasteiger partial charge in [0, 0.05) is 19.7 Å². The molecule has 1 rings (SSSR count). The number of nitrogens with zero attached hydrogens (tertiary/aromatic N) is 1. The van der Waals surface area contributed by atoms with Crippen molar-refractivity contribution in [3.8, 4) is 0 Å². The highest BCUT2D eigenvalue weighted by atomic mass is 16.5. The predicted octanol–water partition coefficient (Wildman–Crippen LogP) is 1.99. The Morgan fingerprint density at radius 2 is 2.00 bits per heavy atom. The fraction of sp³-hybridized carbons (Fsp3) is 0.923. The van der Waals surface area contributed by atoms with Crippen LogP contribution in [-0.2, 0) is 9.53 Å². The van der Waals surface area contributed by atoms with Crippen LogP contribution >= 0.6 is 0 Å². The monoisotopic (exact) mass is 243 g/mol. The van der Waals surface area contributed by atoms with Gasteiger partial charge >= 0.3 is 5.97 Å². The highest BCUT2D eigenvalue weighted by Crippen LogP contribution is 2.18. The highest BCUT2D eigenvalue weighted by Gasteiger charge is 2.28. The first-order valence-electron chi connectivity index (χ1n) is 6.63. The first-order chi connectivity index (χ1) is 8.04. The second kappa shape index (κ2) is 6.97. The summed E-state index contributed by atoms with van der Waals surface area (Å²) in [5.41, 5.74) is 0. The van der Waals surface area contributed by atoms with E-state index in [9.17, 15) is 4.79 Å². The van der Waals surface area contributed by atoms with Crippen LogP contribution in [0.3, 0.4) is 0 Å². The van der Waals surface area contributed by atoms with Gasteiger partial charge in [-0.05, 0) is 25.2 Å². The zero-order valence-corrected chi connectivity index (χ0v) is 11.2. The van der Waals surface area contributed by atoms with E-state index < -0.39 is 5.97 Å². The molecular weight excluding hydrogens is 218 g/mol. The third kappa shape index (κ3) is 4.64. The standard InChI is InChI=1S/C13H25NO3/c1-4-12(13(15)16)14-7-5-11(6-8-14)17-9-10(2)3/h10-12H,4-9H2,1-3H3,(H,15,16). The summed E-state index contributed by atoms with van der Waals surface area (Å²) in [6.45, 7) is 8.71. The van der Waals surface area contributed by atoms with E-state index in [2.05, 4.69) is 18.7 Å². The molecule has 0 aromatic rings. The number of likely N-dealkylation sites (tertiary alicyclic amines) is 1. The lowest BCUT2D eigenvalue weighted by atomic mass is 10.0. The molecule has 0 aromatic heterocycles. The lowest BCUT2D eigenvalue weighted by Crippen LogP contribution is -2.46. The topological polar surface area (TPSA) is 49.8 Å². The van der Waals surface area contributed by atoms with E-state index in [1.165, 1.54) is 0 Å². The second-order valence-corrected chi connectivity index (χ2v) is 5.22. The SMILES string of the molecule is CCC(C(=O)O)N1CCC(OCC(C)C)CC1. The Morgan fingerprint density at radius 1 is 1.41 bits per heavy atom. The summed E-state index contributed by atoms with van der Waals surface area (Å²) in [6.07, 6.45) is 2.90. The lowest BCUT2D eigenvalue weighted by Gasteiger charge is -2.35. The molecule has 1 atom stereocenters. The van der Waals surface area contributed by atoms with Crippen molar-refractivity contribution in [3.05, 3.63) is 0 Å². The van der Waals surface area contributed by atoms with Crippen LogP contribution in [0.4, 0.5) is 0 Å². The number of carboxylic acid groups (broad SMARTS) is 1. The van der Waals surface area contributed by atoms with E-state index in [0.29, 0.717) is 18.4 Å². The molecule has 1 unspecified atom stereocenters. The summed E-state index contributed by atoms with van der Waals surface area (Å²) in [5.74, 6) is -0.135.